The van der Waals surface area contributed by atoms with Crippen LogP contribution in [0.15, 0.2) is 30.5 Å². The van der Waals surface area contributed by atoms with Gasteiger partial charge >= 0.3 is 5.97 Å². The van der Waals surface area contributed by atoms with Crippen LogP contribution in [-0.4, -0.2) is 43.0 Å². The molecule has 0 unspecified atom stereocenters. The van der Waals surface area contributed by atoms with Gasteiger partial charge in [0.25, 0.3) is 0 Å². The molecule has 152 valence electrons. The van der Waals surface area contributed by atoms with Gasteiger partial charge in [-0.2, -0.15) is 0 Å². The van der Waals surface area contributed by atoms with E-state index >= 15 is 0 Å². The fourth-order valence-electron chi connectivity index (χ4n) is 3.33. The molecule has 0 saturated carbocycles. The summed E-state index contributed by atoms with van der Waals surface area (Å²) < 4.78 is 4.72. The first kappa shape index (κ1) is 21.5. The van der Waals surface area contributed by atoms with E-state index in [1.807, 2.05) is 44.3 Å². The molecule has 1 aromatic carbocycles. The molecule has 0 saturated heterocycles. The molecule has 7 heteroatoms. The zero-order valence-electron chi connectivity index (χ0n) is 16.9. The summed E-state index contributed by atoms with van der Waals surface area (Å²) in [4.78, 5) is 40.1. The number of benzene rings is 1. The Morgan fingerprint density at radius 2 is 1.86 bits per heavy atom. The lowest BCUT2D eigenvalue weighted by Crippen LogP contribution is -2.49. The smallest absolute Gasteiger partial charge is 0.306 e. The van der Waals surface area contributed by atoms with E-state index in [1.165, 1.54) is 14.2 Å². The van der Waals surface area contributed by atoms with E-state index in [4.69, 9.17) is 4.74 Å². The van der Waals surface area contributed by atoms with Crippen LogP contribution >= 0.6 is 0 Å². The number of nitrogens with one attached hydrogen (secondary N) is 3. The predicted octanol–water partition coefficient (Wildman–Crippen LogP) is 2.17. The van der Waals surface area contributed by atoms with Crippen molar-refractivity contribution < 1.29 is 19.1 Å². The van der Waals surface area contributed by atoms with Crippen LogP contribution in [0, 0.1) is 11.8 Å². The SMILES string of the molecule is CNC(=O)[C@H](Cc1c[nH]c2ccccc12)NC(=O)[C@@H](CC(=O)OC)CC(C)C. The predicted molar refractivity (Wildman–Crippen MR) is 108 cm³/mol. The van der Waals surface area contributed by atoms with E-state index < -0.39 is 17.9 Å². The van der Waals surface area contributed by atoms with Gasteiger partial charge in [-0.3, -0.25) is 14.4 Å². The fourth-order valence-corrected chi connectivity index (χ4v) is 3.33. The van der Waals surface area contributed by atoms with Crippen molar-refractivity contribution in [3.05, 3.63) is 36.0 Å². The van der Waals surface area contributed by atoms with E-state index in [2.05, 4.69) is 15.6 Å². The average molecular weight is 387 g/mol. The van der Waals surface area contributed by atoms with Gasteiger partial charge in [-0.05, 0) is 24.0 Å². The van der Waals surface area contributed by atoms with Gasteiger partial charge in [-0.1, -0.05) is 32.0 Å². The molecule has 2 aromatic rings. The maximum absolute atomic E-state index is 12.8. The van der Waals surface area contributed by atoms with Crippen molar-refractivity contribution in [2.75, 3.05) is 14.2 Å². The van der Waals surface area contributed by atoms with Gasteiger partial charge in [0, 0.05) is 36.5 Å². The lowest BCUT2D eigenvalue weighted by atomic mass is 9.92. The molecule has 7 nitrogen and oxygen atoms in total. The molecule has 3 N–H and O–H groups in total. The number of para-hydroxylation sites is 1. The first-order valence-corrected chi connectivity index (χ1v) is 9.49. The van der Waals surface area contributed by atoms with Crippen molar-refractivity contribution >= 4 is 28.7 Å². The molecule has 0 aliphatic carbocycles. The van der Waals surface area contributed by atoms with Crippen LogP contribution in [0.2, 0.25) is 0 Å². The third-order valence-corrected chi connectivity index (χ3v) is 4.75. The second kappa shape index (κ2) is 9.92. The molecule has 2 atom stereocenters. The molecule has 1 heterocycles. The monoisotopic (exact) mass is 387 g/mol. The Morgan fingerprint density at radius 1 is 1.14 bits per heavy atom. The summed E-state index contributed by atoms with van der Waals surface area (Å²) in [6.07, 6.45) is 2.73. The molecular weight excluding hydrogens is 358 g/mol. The molecule has 1 aromatic heterocycles. The maximum Gasteiger partial charge on any atom is 0.306 e. The Bertz CT molecular complexity index is 828. The van der Waals surface area contributed by atoms with E-state index in [1.54, 1.807) is 0 Å². The quantitative estimate of drug-likeness (QED) is 0.574. The number of aromatic amines is 1. The zero-order valence-corrected chi connectivity index (χ0v) is 16.9. The van der Waals surface area contributed by atoms with Gasteiger partial charge in [0.1, 0.15) is 6.04 Å². The van der Waals surface area contributed by atoms with Gasteiger partial charge in [-0.25, -0.2) is 0 Å². The molecule has 0 aliphatic heterocycles. The second-order valence-corrected chi connectivity index (χ2v) is 7.35. The summed E-state index contributed by atoms with van der Waals surface area (Å²) in [6.45, 7) is 3.97. The second-order valence-electron chi connectivity index (χ2n) is 7.35. The number of likely N-dealkylation sites (N-methyl/N-ethyl adjacent to an activating group) is 1. The topological polar surface area (TPSA) is 100 Å². The maximum atomic E-state index is 12.8. The van der Waals surface area contributed by atoms with Gasteiger partial charge in [0.05, 0.1) is 13.5 Å². The highest BCUT2D eigenvalue weighted by Crippen LogP contribution is 2.20. The minimum absolute atomic E-state index is 0.00589. The van der Waals surface area contributed by atoms with Crippen molar-refractivity contribution in [1.29, 1.82) is 0 Å². The van der Waals surface area contributed by atoms with Crippen molar-refractivity contribution in [3.8, 4) is 0 Å². The van der Waals surface area contributed by atoms with Crippen LogP contribution in [-0.2, 0) is 25.5 Å². The first-order valence-electron chi connectivity index (χ1n) is 9.49. The highest BCUT2D eigenvalue weighted by atomic mass is 16.5. The number of esters is 1. The number of ether oxygens (including phenoxy) is 1. The number of amides is 2. The number of hydrogen-bond acceptors (Lipinski definition) is 4. The fraction of sp³-hybridized carbons (Fsp3) is 0.476. The van der Waals surface area contributed by atoms with Crippen LogP contribution in [0.3, 0.4) is 0 Å². The van der Waals surface area contributed by atoms with E-state index in [9.17, 15) is 14.4 Å². The molecule has 28 heavy (non-hydrogen) atoms. The number of H-pyrrole nitrogens is 1. The van der Waals surface area contributed by atoms with Crippen molar-refractivity contribution in [1.82, 2.24) is 15.6 Å². The molecule has 0 aliphatic rings. The van der Waals surface area contributed by atoms with E-state index in [0.717, 1.165) is 16.5 Å². The van der Waals surface area contributed by atoms with Crippen molar-refractivity contribution in [2.24, 2.45) is 11.8 Å². The lowest BCUT2D eigenvalue weighted by molar-refractivity contribution is -0.144. The Hall–Kier alpha value is -2.83. The highest BCUT2D eigenvalue weighted by Gasteiger charge is 2.28. The summed E-state index contributed by atoms with van der Waals surface area (Å²) in [5.74, 6) is -1.34. The van der Waals surface area contributed by atoms with Crippen LogP contribution in [0.4, 0.5) is 0 Å². The standard InChI is InChI=1S/C21H29N3O4/c1-13(2)9-14(11-19(25)28-4)20(26)24-18(21(27)22-3)10-15-12-23-17-8-6-5-7-16(15)17/h5-8,12-14,18,23H,9-11H2,1-4H3,(H,22,27)(H,24,26)/t14-,18+/m1/s1. The summed E-state index contributed by atoms with van der Waals surface area (Å²) in [7, 11) is 2.84. The van der Waals surface area contributed by atoms with Crippen molar-refractivity contribution in [2.45, 2.75) is 39.2 Å². The first-order chi connectivity index (χ1) is 13.3. The largest absolute Gasteiger partial charge is 0.469 e. The Morgan fingerprint density at radius 3 is 2.50 bits per heavy atom. The summed E-state index contributed by atoms with van der Waals surface area (Å²) in [5.41, 5.74) is 1.92. The van der Waals surface area contributed by atoms with Gasteiger partial charge in [0.15, 0.2) is 0 Å². The number of methoxy groups -OCH3 is 1. The van der Waals surface area contributed by atoms with E-state index in [-0.39, 0.29) is 24.2 Å². The lowest BCUT2D eigenvalue weighted by Gasteiger charge is -2.22. The highest BCUT2D eigenvalue weighted by molar-refractivity contribution is 5.91. The zero-order chi connectivity index (χ0) is 20.7. The number of carbonyl (C=O) groups is 3. The minimum atomic E-state index is -0.732. The van der Waals surface area contributed by atoms with Crippen LogP contribution < -0.4 is 10.6 Å². The van der Waals surface area contributed by atoms with Crippen LogP contribution in [0.25, 0.3) is 10.9 Å². The van der Waals surface area contributed by atoms with Gasteiger partial charge < -0.3 is 20.4 Å². The summed E-state index contributed by atoms with van der Waals surface area (Å²) in [5, 5.41) is 6.45. The molecule has 0 fully saturated rings. The number of rotatable bonds is 9. The summed E-state index contributed by atoms with van der Waals surface area (Å²) in [6, 6.07) is 7.07. The number of aromatic nitrogens is 1. The minimum Gasteiger partial charge on any atom is -0.469 e. The third kappa shape index (κ3) is 5.58. The van der Waals surface area contributed by atoms with E-state index in [0.29, 0.717) is 12.8 Å². The van der Waals surface area contributed by atoms with Crippen LogP contribution in [0.1, 0.15) is 32.3 Å². The number of fused-ring (bicyclic) bond motifs is 1. The average Bonchev–Trinajstić information content (AvgIpc) is 3.08. The summed E-state index contributed by atoms with van der Waals surface area (Å²) >= 11 is 0. The normalized spacial score (nSPS) is 13.2. The number of carbonyl (C=O) groups excluding carboxylic acids is 3. The molecule has 0 spiro atoms. The van der Waals surface area contributed by atoms with Gasteiger partial charge in [0.2, 0.25) is 11.8 Å². The van der Waals surface area contributed by atoms with Gasteiger partial charge in [-0.15, -0.1) is 0 Å². The molecule has 2 amide bonds. The molecular formula is C21H29N3O4. The molecule has 0 bridgehead atoms. The van der Waals surface area contributed by atoms with Crippen LogP contribution in [0.5, 0.6) is 0 Å². The third-order valence-electron chi connectivity index (χ3n) is 4.75. The Balaban J connectivity index is 2.18. The number of hydrogen-bond donors (Lipinski definition) is 3. The Kier molecular flexibility index (Phi) is 7.61. The Labute approximate surface area is 165 Å². The molecule has 2 rings (SSSR count). The molecule has 0 radical (unpaired) electrons. The van der Waals surface area contributed by atoms with Crippen molar-refractivity contribution in [3.63, 3.8) is 0 Å².